The monoisotopic (exact) mass is 203 g/mol. The molecule has 0 atom stereocenters. The molecule has 0 aliphatic heterocycles. The minimum absolute atomic E-state index is 0.0217. The summed E-state index contributed by atoms with van der Waals surface area (Å²) in [6.45, 7) is 0.402. The van der Waals surface area contributed by atoms with Crippen molar-refractivity contribution in [2.24, 2.45) is 5.73 Å². The Balaban J connectivity index is 3.07. The fourth-order valence-electron chi connectivity index (χ4n) is 1.08. The average Bonchev–Trinajstić information content (AvgIpc) is 2.14. The van der Waals surface area contributed by atoms with Gasteiger partial charge in [-0.25, -0.2) is 4.39 Å². The summed E-state index contributed by atoms with van der Waals surface area (Å²) < 4.78 is 18.2. The van der Waals surface area contributed by atoms with E-state index in [-0.39, 0.29) is 5.02 Å². The van der Waals surface area contributed by atoms with E-state index in [1.54, 1.807) is 12.1 Å². The Hall–Kier alpha value is -0.800. The van der Waals surface area contributed by atoms with Crippen molar-refractivity contribution in [3.63, 3.8) is 0 Å². The number of hydrogen-bond acceptors (Lipinski definition) is 2. The summed E-state index contributed by atoms with van der Waals surface area (Å²) in [5, 5.41) is 0.0217. The quantitative estimate of drug-likeness (QED) is 0.816. The van der Waals surface area contributed by atoms with Crippen molar-refractivity contribution in [1.29, 1.82) is 0 Å². The Morgan fingerprint density at radius 1 is 1.54 bits per heavy atom. The fraction of sp³-hybridized carbons (Fsp3) is 0.333. The molecule has 0 aliphatic carbocycles. The molecule has 72 valence electrons. The third-order valence-electron chi connectivity index (χ3n) is 1.76. The number of nitrogens with two attached hydrogens (primary N) is 1. The van der Waals surface area contributed by atoms with Crippen molar-refractivity contribution in [3.05, 3.63) is 28.5 Å². The molecule has 0 saturated heterocycles. The van der Waals surface area contributed by atoms with Gasteiger partial charge in [0.1, 0.15) is 16.6 Å². The summed E-state index contributed by atoms with van der Waals surface area (Å²) in [6.07, 6.45) is 0.482. The lowest BCUT2D eigenvalue weighted by atomic mass is 10.1. The largest absolute Gasteiger partial charge is 0.495 e. The van der Waals surface area contributed by atoms with E-state index in [2.05, 4.69) is 0 Å². The second kappa shape index (κ2) is 4.44. The minimum atomic E-state index is -0.438. The third kappa shape index (κ3) is 2.11. The van der Waals surface area contributed by atoms with E-state index in [1.807, 2.05) is 0 Å². The van der Waals surface area contributed by atoms with Gasteiger partial charge in [0.2, 0.25) is 0 Å². The highest BCUT2D eigenvalue weighted by atomic mass is 35.5. The van der Waals surface area contributed by atoms with Crippen LogP contribution >= 0.6 is 11.6 Å². The van der Waals surface area contributed by atoms with Gasteiger partial charge in [-0.3, -0.25) is 0 Å². The van der Waals surface area contributed by atoms with Gasteiger partial charge in [-0.2, -0.15) is 0 Å². The molecule has 0 aliphatic rings. The Morgan fingerprint density at radius 2 is 2.23 bits per heavy atom. The van der Waals surface area contributed by atoms with Crippen LogP contribution in [0.1, 0.15) is 5.56 Å². The molecule has 0 heterocycles. The molecule has 1 rings (SSSR count). The number of hydrogen-bond donors (Lipinski definition) is 1. The van der Waals surface area contributed by atoms with E-state index in [0.717, 1.165) is 0 Å². The van der Waals surface area contributed by atoms with Crippen LogP contribution in [-0.4, -0.2) is 13.7 Å². The molecule has 0 saturated carbocycles. The summed E-state index contributed by atoms with van der Waals surface area (Å²) in [7, 11) is 1.45. The van der Waals surface area contributed by atoms with Crippen molar-refractivity contribution in [1.82, 2.24) is 0 Å². The van der Waals surface area contributed by atoms with Crippen molar-refractivity contribution in [2.75, 3.05) is 13.7 Å². The lowest BCUT2D eigenvalue weighted by Crippen LogP contribution is -2.05. The van der Waals surface area contributed by atoms with Crippen LogP contribution in [0.2, 0.25) is 5.02 Å². The molecule has 0 amide bonds. The highest BCUT2D eigenvalue weighted by Gasteiger charge is 2.10. The number of ether oxygens (including phenoxy) is 1. The predicted octanol–water partition coefficient (Wildman–Crippen LogP) is 1.99. The van der Waals surface area contributed by atoms with Gasteiger partial charge in [0, 0.05) is 0 Å². The van der Waals surface area contributed by atoms with Gasteiger partial charge in [0.25, 0.3) is 0 Å². The summed E-state index contributed by atoms with van der Waals surface area (Å²) in [5.74, 6) is -0.0913. The first kappa shape index (κ1) is 10.3. The number of benzene rings is 1. The van der Waals surface area contributed by atoms with Gasteiger partial charge in [0.05, 0.1) is 7.11 Å². The molecule has 1 aromatic rings. The molecule has 0 fully saturated rings. The first-order chi connectivity index (χ1) is 6.20. The zero-order valence-corrected chi connectivity index (χ0v) is 8.07. The minimum Gasteiger partial charge on any atom is -0.495 e. The number of methoxy groups -OCH3 is 1. The van der Waals surface area contributed by atoms with Crippen molar-refractivity contribution in [3.8, 4) is 5.75 Å². The van der Waals surface area contributed by atoms with Crippen LogP contribution in [-0.2, 0) is 6.42 Å². The van der Waals surface area contributed by atoms with Gasteiger partial charge in [-0.15, -0.1) is 0 Å². The summed E-state index contributed by atoms with van der Waals surface area (Å²) in [4.78, 5) is 0. The third-order valence-corrected chi connectivity index (χ3v) is 2.11. The molecule has 2 N–H and O–H groups in total. The molecule has 13 heavy (non-hydrogen) atoms. The van der Waals surface area contributed by atoms with E-state index in [4.69, 9.17) is 22.1 Å². The molecule has 0 aromatic heterocycles. The molecular formula is C9H11ClFNO. The molecule has 0 spiro atoms. The molecule has 0 radical (unpaired) electrons. The highest BCUT2D eigenvalue weighted by molar-refractivity contribution is 6.32. The predicted molar refractivity (Wildman–Crippen MR) is 50.7 cm³/mol. The van der Waals surface area contributed by atoms with Crippen molar-refractivity contribution in [2.45, 2.75) is 6.42 Å². The fourth-order valence-corrected chi connectivity index (χ4v) is 1.34. The van der Waals surface area contributed by atoms with Gasteiger partial charge < -0.3 is 10.5 Å². The lowest BCUT2D eigenvalue weighted by Gasteiger charge is -2.07. The molecule has 0 bridgehead atoms. The maximum absolute atomic E-state index is 13.4. The second-order valence-electron chi connectivity index (χ2n) is 2.59. The maximum Gasteiger partial charge on any atom is 0.148 e. The maximum atomic E-state index is 13.4. The molecular weight excluding hydrogens is 193 g/mol. The first-order valence-electron chi connectivity index (χ1n) is 3.91. The Bertz CT molecular complexity index is 304. The van der Waals surface area contributed by atoms with Crippen LogP contribution in [0, 0.1) is 5.82 Å². The second-order valence-corrected chi connectivity index (χ2v) is 2.97. The standard InChI is InChI=1S/C9H11ClFNO/c1-13-7-3-2-6(4-5-12)9(11)8(7)10/h2-3H,4-5,12H2,1H3. The zero-order chi connectivity index (χ0) is 9.84. The van der Waals surface area contributed by atoms with Crippen LogP contribution in [0.3, 0.4) is 0 Å². The van der Waals surface area contributed by atoms with Gasteiger partial charge in [-0.05, 0) is 24.6 Å². The van der Waals surface area contributed by atoms with Crippen LogP contribution in [0.4, 0.5) is 4.39 Å². The summed E-state index contributed by atoms with van der Waals surface area (Å²) in [6, 6.07) is 3.27. The topological polar surface area (TPSA) is 35.2 Å². The normalized spacial score (nSPS) is 10.2. The van der Waals surface area contributed by atoms with E-state index >= 15 is 0 Å². The smallest absolute Gasteiger partial charge is 0.148 e. The SMILES string of the molecule is COc1ccc(CCN)c(F)c1Cl. The van der Waals surface area contributed by atoms with Gasteiger partial charge in [-0.1, -0.05) is 17.7 Å². The highest BCUT2D eigenvalue weighted by Crippen LogP contribution is 2.29. The molecule has 4 heteroatoms. The summed E-state index contributed by atoms with van der Waals surface area (Å²) >= 11 is 5.69. The average molecular weight is 204 g/mol. The van der Waals surface area contributed by atoms with Gasteiger partial charge in [0.15, 0.2) is 0 Å². The Kier molecular flexibility index (Phi) is 3.51. The Morgan fingerprint density at radius 3 is 2.77 bits per heavy atom. The van der Waals surface area contributed by atoms with E-state index in [1.165, 1.54) is 7.11 Å². The van der Waals surface area contributed by atoms with E-state index in [0.29, 0.717) is 24.3 Å². The van der Waals surface area contributed by atoms with E-state index < -0.39 is 5.82 Å². The number of halogens is 2. The van der Waals surface area contributed by atoms with E-state index in [9.17, 15) is 4.39 Å². The zero-order valence-electron chi connectivity index (χ0n) is 7.31. The molecule has 0 unspecified atom stereocenters. The van der Waals surface area contributed by atoms with Gasteiger partial charge >= 0.3 is 0 Å². The first-order valence-corrected chi connectivity index (χ1v) is 4.29. The van der Waals surface area contributed by atoms with Crippen molar-refractivity contribution >= 4 is 11.6 Å². The van der Waals surface area contributed by atoms with Crippen molar-refractivity contribution < 1.29 is 9.13 Å². The summed E-state index contributed by atoms with van der Waals surface area (Å²) in [5.41, 5.74) is 5.83. The van der Waals surface area contributed by atoms with Crippen LogP contribution in [0.25, 0.3) is 0 Å². The molecule has 2 nitrogen and oxygen atoms in total. The Labute approximate surface area is 81.4 Å². The lowest BCUT2D eigenvalue weighted by molar-refractivity contribution is 0.411. The van der Waals surface area contributed by atoms with Crippen LogP contribution in [0.15, 0.2) is 12.1 Å². The van der Waals surface area contributed by atoms with Crippen LogP contribution < -0.4 is 10.5 Å². The van der Waals surface area contributed by atoms with Crippen LogP contribution in [0.5, 0.6) is 5.75 Å². The number of rotatable bonds is 3. The molecule has 1 aromatic carbocycles.